The second-order valence-electron chi connectivity index (χ2n) is 4.26. The van der Waals surface area contributed by atoms with E-state index in [4.69, 9.17) is 11.6 Å². The Labute approximate surface area is 136 Å². The van der Waals surface area contributed by atoms with E-state index in [1.165, 1.54) is 12.3 Å². The fourth-order valence-corrected chi connectivity index (χ4v) is 3.44. The molecule has 0 saturated heterocycles. The molecule has 0 saturated carbocycles. The number of hydrogen-bond acceptors (Lipinski definition) is 4. The predicted molar refractivity (Wildman–Crippen MR) is 87.0 cm³/mol. The Balaban J connectivity index is 2.25. The van der Waals surface area contributed by atoms with E-state index in [2.05, 4.69) is 31.0 Å². The Kier molecular flexibility index (Phi) is 5.21. The summed E-state index contributed by atoms with van der Waals surface area (Å²) in [5.74, 6) is 0. The molecule has 0 aliphatic rings. The predicted octanol–water partition coefficient (Wildman–Crippen LogP) is 3.02. The fourth-order valence-electron chi connectivity index (χ4n) is 1.65. The quantitative estimate of drug-likeness (QED) is 0.823. The van der Waals surface area contributed by atoms with Gasteiger partial charge in [0.1, 0.15) is 0 Å². The van der Waals surface area contributed by atoms with Gasteiger partial charge in [0.25, 0.3) is 10.0 Å². The molecule has 0 aliphatic carbocycles. The van der Waals surface area contributed by atoms with Gasteiger partial charge in [-0.15, -0.1) is 0 Å². The van der Waals surface area contributed by atoms with Crippen LogP contribution in [0.25, 0.3) is 0 Å². The molecule has 0 unspecified atom stereocenters. The van der Waals surface area contributed by atoms with Crippen molar-refractivity contribution < 1.29 is 8.42 Å². The number of nitrogens with zero attached hydrogens (tertiary/aromatic N) is 1. The third kappa shape index (κ3) is 4.16. The second-order valence-corrected chi connectivity index (χ2v) is 7.22. The van der Waals surface area contributed by atoms with Gasteiger partial charge in [0.2, 0.25) is 0 Å². The smallest absolute Gasteiger partial charge is 0.279 e. The highest BCUT2D eigenvalue weighted by Gasteiger charge is 2.17. The zero-order valence-corrected chi connectivity index (χ0v) is 14.3. The molecule has 0 radical (unpaired) electrons. The normalized spacial score (nSPS) is 11.4. The summed E-state index contributed by atoms with van der Waals surface area (Å²) in [4.78, 5) is 3.97. The number of pyridine rings is 1. The minimum atomic E-state index is -3.76. The number of hydrogen-bond donors (Lipinski definition) is 2. The number of sulfonamides is 1. The number of nitrogens with one attached hydrogen (secondary N) is 2. The molecule has 2 aromatic rings. The Hall–Kier alpha value is -1.15. The molecule has 0 bridgehead atoms. The molecule has 21 heavy (non-hydrogen) atoms. The fraction of sp³-hybridized carbons (Fsp3) is 0.154. The van der Waals surface area contributed by atoms with E-state index in [-0.39, 0.29) is 5.03 Å². The van der Waals surface area contributed by atoms with Crippen LogP contribution < -0.4 is 10.0 Å². The minimum Gasteiger partial charge on any atom is -0.316 e. The van der Waals surface area contributed by atoms with Gasteiger partial charge < -0.3 is 5.32 Å². The monoisotopic (exact) mass is 389 g/mol. The van der Waals surface area contributed by atoms with E-state index < -0.39 is 10.0 Å². The summed E-state index contributed by atoms with van der Waals surface area (Å²) in [5, 5.41) is 3.22. The van der Waals surface area contributed by atoms with Crippen LogP contribution >= 0.6 is 27.5 Å². The van der Waals surface area contributed by atoms with E-state index in [0.717, 1.165) is 10.0 Å². The summed E-state index contributed by atoms with van der Waals surface area (Å²) in [6, 6.07) is 8.07. The molecule has 0 atom stereocenters. The van der Waals surface area contributed by atoms with Crippen LogP contribution in [0.2, 0.25) is 5.02 Å². The summed E-state index contributed by atoms with van der Waals surface area (Å²) >= 11 is 9.27. The number of aromatic nitrogens is 1. The molecule has 1 aromatic heterocycles. The molecule has 1 heterocycles. The summed E-state index contributed by atoms with van der Waals surface area (Å²) in [7, 11) is -1.95. The van der Waals surface area contributed by atoms with Crippen molar-refractivity contribution in [3.63, 3.8) is 0 Å². The summed E-state index contributed by atoms with van der Waals surface area (Å²) in [5.41, 5.74) is 1.21. The van der Waals surface area contributed by atoms with E-state index in [1.54, 1.807) is 24.3 Å². The first kappa shape index (κ1) is 16.2. The van der Waals surface area contributed by atoms with E-state index in [0.29, 0.717) is 17.3 Å². The maximum Gasteiger partial charge on any atom is 0.279 e. The van der Waals surface area contributed by atoms with Crippen molar-refractivity contribution in [1.29, 1.82) is 0 Å². The second kappa shape index (κ2) is 6.74. The van der Waals surface area contributed by atoms with Crippen molar-refractivity contribution >= 4 is 43.2 Å². The lowest BCUT2D eigenvalue weighted by atomic mass is 10.3. The standard InChI is InChI=1S/C13H13BrClN3O2S/c1-16-7-9-2-5-13(17-8-9)21(19,20)18-12-4-3-10(14)6-11(12)15/h2-6,8,16,18H,7H2,1H3. The van der Waals surface area contributed by atoms with Gasteiger partial charge in [-0.1, -0.05) is 33.6 Å². The first-order valence-corrected chi connectivity index (χ1v) is 8.65. The SMILES string of the molecule is CNCc1ccc(S(=O)(=O)Nc2ccc(Br)cc2Cl)nc1. The zero-order valence-electron chi connectivity index (χ0n) is 11.1. The molecular formula is C13H13BrClN3O2S. The highest BCUT2D eigenvalue weighted by Crippen LogP contribution is 2.27. The van der Waals surface area contributed by atoms with Gasteiger partial charge in [-0.2, -0.15) is 8.42 Å². The van der Waals surface area contributed by atoms with Gasteiger partial charge in [-0.3, -0.25) is 4.72 Å². The molecule has 5 nitrogen and oxygen atoms in total. The Bertz CT molecular complexity index is 736. The number of halogens is 2. The summed E-state index contributed by atoms with van der Waals surface area (Å²) < 4.78 is 27.7. The third-order valence-electron chi connectivity index (χ3n) is 2.63. The number of benzene rings is 1. The van der Waals surface area contributed by atoms with Crippen LogP contribution in [-0.2, 0) is 16.6 Å². The molecule has 2 rings (SSSR count). The highest BCUT2D eigenvalue weighted by atomic mass is 79.9. The average molecular weight is 391 g/mol. The van der Waals surface area contributed by atoms with Crippen LogP contribution in [0.5, 0.6) is 0 Å². The van der Waals surface area contributed by atoms with Crippen molar-refractivity contribution in [2.75, 3.05) is 11.8 Å². The van der Waals surface area contributed by atoms with Crippen LogP contribution in [0.4, 0.5) is 5.69 Å². The van der Waals surface area contributed by atoms with Crippen molar-refractivity contribution in [2.45, 2.75) is 11.6 Å². The van der Waals surface area contributed by atoms with Gasteiger partial charge >= 0.3 is 0 Å². The molecule has 1 aromatic carbocycles. The first-order valence-electron chi connectivity index (χ1n) is 6.00. The highest BCUT2D eigenvalue weighted by molar-refractivity contribution is 9.10. The molecule has 112 valence electrons. The molecule has 0 amide bonds. The van der Waals surface area contributed by atoms with Crippen LogP contribution in [0.15, 0.2) is 46.0 Å². The maximum atomic E-state index is 12.2. The van der Waals surface area contributed by atoms with Gasteiger partial charge in [0, 0.05) is 17.2 Å². The topological polar surface area (TPSA) is 71.1 Å². The largest absolute Gasteiger partial charge is 0.316 e. The lowest BCUT2D eigenvalue weighted by molar-refractivity contribution is 0.597. The molecule has 0 fully saturated rings. The molecule has 0 spiro atoms. The van der Waals surface area contributed by atoms with Crippen LogP contribution in [0.3, 0.4) is 0 Å². The van der Waals surface area contributed by atoms with E-state index >= 15 is 0 Å². The van der Waals surface area contributed by atoms with Gasteiger partial charge in [-0.05, 0) is 36.9 Å². The third-order valence-corrected chi connectivity index (χ3v) is 4.72. The van der Waals surface area contributed by atoms with Crippen molar-refractivity contribution in [3.05, 3.63) is 51.6 Å². The van der Waals surface area contributed by atoms with Gasteiger partial charge in [0.15, 0.2) is 5.03 Å². The van der Waals surface area contributed by atoms with E-state index in [1.807, 2.05) is 7.05 Å². The maximum absolute atomic E-state index is 12.2. The Morgan fingerprint density at radius 3 is 2.62 bits per heavy atom. The first-order chi connectivity index (χ1) is 9.92. The minimum absolute atomic E-state index is 0.0543. The molecule has 2 N–H and O–H groups in total. The number of rotatable bonds is 5. The lowest BCUT2D eigenvalue weighted by Crippen LogP contribution is -2.15. The van der Waals surface area contributed by atoms with Crippen molar-refractivity contribution in [3.8, 4) is 0 Å². The lowest BCUT2D eigenvalue weighted by Gasteiger charge is -2.09. The zero-order chi connectivity index (χ0) is 15.5. The molecular weight excluding hydrogens is 378 g/mol. The van der Waals surface area contributed by atoms with Crippen molar-refractivity contribution in [2.24, 2.45) is 0 Å². The van der Waals surface area contributed by atoms with Crippen LogP contribution in [0.1, 0.15) is 5.56 Å². The van der Waals surface area contributed by atoms with Crippen LogP contribution in [0, 0.1) is 0 Å². The van der Waals surface area contributed by atoms with Gasteiger partial charge in [-0.25, -0.2) is 4.98 Å². The Morgan fingerprint density at radius 2 is 2.05 bits per heavy atom. The summed E-state index contributed by atoms with van der Waals surface area (Å²) in [6.45, 7) is 0.624. The van der Waals surface area contributed by atoms with Crippen LogP contribution in [-0.4, -0.2) is 20.4 Å². The number of anilines is 1. The molecule has 8 heteroatoms. The summed E-state index contributed by atoms with van der Waals surface area (Å²) in [6.07, 6.45) is 1.52. The van der Waals surface area contributed by atoms with E-state index in [9.17, 15) is 8.42 Å². The van der Waals surface area contributed by atoms with Gasteiger partial charge in [0.05, 0.1) is 10.7 Å². The average Bonchev–Trinajstić information content (AvgIpc) is 2.43. The molecule has 0 aliphatic heterocycles. The van der Waals surface area contributed by atoms with Crippen molar-refractivity contribution in [1.82, 2.24) is 10.3 Å². The Morgan fingerprint density at radius 1 is 1.29 bits per heavy atom.